The highest BCUT2D eigenvalue weighted by Gasteiger charge is 2.16. The van der Waals surface area contributed by atoms with Crippen molar-refractivity contribution >= 4 is 13.8 Å². The Labute approximate surface area is 170 Å². The molecule has 0 radical (unpaired) electrons. The largest absolute Gasteiger partial charge is 0.756 e. The van der Waals surface area contributed by atoms with E-state index in [9.17, 15) is 19.4 Å². The maximum Gasteiger partial charge on any atom is 0.305 e. The van der Waals surface area contributed by atoms with Gasteiger partial charge in [0.1, 0.15) is 25.9 Å². The monoisotopic (exact) mass is 425 g/mol. The van der Waals surface area contributed by atoms with Crippen LogP contribution in [0.15, 0.2) is 0 Å². The summed E-state index contributed by atoms with van der Waals surface area (Å²) in [5, 5.41) is 9.71. The minimum atomic E-state index is -4.48. The zero-order valence-electron chi connectivity index (χ0n) is 18.1. The topological polar surface area (TPSA) is 105 Å². The quantitative estimate of drug-likeness (QED) is 0.156. The fraction of sp³-hybridized carbons (Fsp3) is 0.947. The molecule has 0 fully saturated rings. The van der Waals surface area contributed by atoms with Gasteiger partial charge < -0.3 is 28.3 Å². The average Bonchev–Trinajstić information content (AvgIpc) is 2.59. The fourth-order valence-corrected chi connectivity index (χ4v) is 3.09. The smallest absolute Gasteiger partial charge is 0.305 e. The summed E-state index contributed by atoms with van der Waals surface area (Å²) in [6.45, 7) is 1.88. The second-order valence-electron chi connectivity index (χ2n) is 8.15. The molecule has 0 aromatic carbocycles. The number of nitrogens with zero attached hydrogens (tertiary/aromatic N) is 1. The van der Waals surface area contributed by atoms with Gasteiger partial charge in [0.2, 0.25) is 0 Å². The highest BCUT2D eigenvalue weighted by Crippen LogP contribution is 2.38. The molecule has 28 heavy (non-hydrogen) atoms. The summed E-state index contributed by atoms with van der Waals surface area (Å²) in [7, 11) is 1.25. The summed E-state index contributed by atoms with van der Waals surface area (Å²) < 4.78 is 26.5. The van der Waals surface area contributed by atoms with Crippen molar-refractivity contribution < 1.29 is 37.6 Å². The summed E-state index contributed by atoms with van der Waals surface area (Å²) in [4.78, 5) is 23.2. The van der Waals surface area contributed by atoms with E-state index in [2.05, 4.69) is 11.4 Å². The molecule has 0 bridgehead atoms. The van der Waals surface area contributed by atoms with Crippen LogP contribution in [0.1, 0.15) is 64.7 Å². The first-order valence-corrected chi connectivity index (χ1v) is 11.8. The van der Waals surface area contributed by atoms with Gasteiger partial charge in [0.05, 0.1) is 27.7 Å². The van der Waals surface area contributed by atoms with E-state index in [-0.39, 0.29) is 13.2 Å². The Morgan fingerprint density at radius 2 is 1.57 bits per heavy atom. The number of carbonyl (C=O) groups is 1. The van der Waals surface area contributed by atoms with Crippen molar-refractivity contribution in [2.24, 2.45) is 0 Å². The number of phosphoric acid groups is 1. The number of unbranched alkanes of at least 4 members (excludes halogenated alkanes) is 7. The number of rotatable bonds is 18. The van der Waals surface area contributed by atoms with Gasteiger partial charge in [0, 0.05) is 6.42 Å². The van der Waals surface area contributed by atoms with Gasteiger partial charge in [-0.3, -0.25) is 9.36 Å². The van der Waals surface area contributed by atoms with E-state index in [0.29, 0.717) is 17.4 Å². The summed E-state index contributed by atoms with van der Waals surface area (Å²) in [5.74, 6) is -0.394. The van der Waals surface area contributed by atoms with Crippen molar-refractivity contribution in [2.75, 3.05) is 47.5 Å². The lowest BCUT2D eigenvalue weighted by atomic mass is 10.1. The third-order valence-corrected chi connectivity index (χ3v) is 5.07. The molecule has 168 valence electrons. The molecule has 0 heterocycles. The zero-order chi connectivity index (χ0) is 21.5. The molecule has 0 rings (SSSR count). The normalized spacial score (nSPS) is 15.2. The number of phosphoric ester groups is 1. The van der Waals surface area contributed by atoms with Gasteiger partial charge in [-0.2, -0.15) is 0 Å². The van der Waals surface area contributed by atoms with Crippen molar-refractivity contribution in [1.82, 2.24) is 0 Å². The van der Waals surface area contributed by atoms with Gasteiger partial charge >= 0.3 is 5.97 Å². The molecule has 0 saturated heterocycles. The second-order valence-corrected chi connectivity index (χ2v) is 9.56. The van der Waals surface area contributed by atoms with Crippen LogP contribution in [0.25, 0.3) is 0 Å². The van der Waals surface area contributed by atoms with Crippen LogP contribution in [-0.2, 0) is 23.1 Å². The summed E-state index contributed by atoms with van der Waals surface area (Å²) in [6.07, 6.45) is 8.16. The first kappa shape index (κ1) is 27.5. The summed E-state index contributed by atoms with van der Waals surface area (Å²) in [6, 6.07) is 0. The molecule has 0 aromatic heterocycles. The van der Waals surface area contributed by atoms with Crippen LogP contribution in [0, 0.1) is 0 Å². The standard InChI is InChI=1S/C19H40NO7P/c1-5-6-7-8-9-10-11-12-13-19(22)25-16-18(21)17-27-28(23,24)26-15-14-20(2,3)4/h18,21H,5-17H2,1-4H3/t18-/m1/s1. The maximum atomic E-state index is 11.6. The number of aliphatic hydroxyl groups is 1. The molecule has 8 nitrogen and oxygen atoms in total. The molecule has 0 aliphatic carbocycles. The predicted octanol–water partition coefficient (Wildman–Crippen LogP) is 2.63. The number of ether oxygens (including phenoxy) is 1. The van der Waals surface area contributed by atoms with E-state index in [4.69, 9.17) is 9.26 Å². The lowest BCUT2D eigenvalue weighted by molar-refractivity contribution is -0.870. The molecule has 0 spiro atoms. The maximum absolute atomic E-state index is 11.6. The van der Waals surface area contributed by atoms with Crippen LogP contribution < -0.4 is 4.89 Å². The van der Waals surface area contributed by atoms with Gasteiger partial charge in [0.15, 0.2) is 0 Å². The molecule has 2 atom stereocenters. The first-order chi connectivity index (χ1) is 13.1. The van der Waals surface area contributed by atoms with Gasteiger partial charge in [-0.15, -0.1) is 0 Å². The van der Waals surface area contributed by atoms with Crippen LogP contribution in [0.4, 0.5) is 0 Å². The SMILES string of the molecule is CCCCCCCCCCC(=O)OC[C@@H](O)COP(=O)([O-])OCC[N+](C)(C)C. The molecular weight excluding hydrogens is 385 g/mol. The van der Waals surface area contributed by atoms with E-state index in [1.807, 2.05) is 21.1 Å². The van der Waals surface area contributed by atoms with E-state index in [0.717, 1.165) is 19.3 Å². The first-order valence-electron chi connectivity index (χ1n) is 10.3. The molecule has 1 unspecified atom stereocenters. The van der Waals surface area contributed by atoms with Crippen LogP contribution in [-0.4, -0.2) is 69.2 Å². The van der Waals surface area contributed by atoms with Crippen molar-refractivity contribution in [1.29, 1.82) is 0 Å². The van der Waals surface area contributed by atoms with Gasteiger partial charge in [-0.1, -0.05) is 51.9 Å². The van der Waals surface area contributed by atoms with Crippen molar-refractivity contribution in [3.8, 4) is 0 Å². The lowest BCUT2D eigenvalue weighted by Crippen LogP contribution is -2.37. The number of aliphatic hydroxyl groups excluding tert-OH is 1. The molecule has 0 saturated carbocycles. The van der Waals surface area contributed by atoms with Gasteiger partial charge in [-0.05, 0) is 6.42 Å². The lowest BCUT2D eigenvalue weighted by Gasteiger charge is -2.27. The third kappa shape index (κ3) is 18.8. The Hall–Kier alpha value is -0.500. The van der Waals surface area contributed by atoms with Crippen LogP contribution in [0.2, 0.25) is 0 Å². The number of esters is 1. The minimum Gasteiger partial charge on any atom is -0.756 e. The second kappa shape index (κ2) is 15.4. The molecule has 0 amide bonds. The molecular formula is C19H40NO7P. The molecule has 9 heteroatoms. The van der Waals surface area contributed by atoms with E-state index in [1.165, 1.54) is 32.1 Å². The Morgan fingerprint density at radius 1 is 1.00 bits per heavy atom. The summed E-state index contributed by atoms with van der Waals surface area (Å²) in [5.41, 5.74) is 0. The van der Waals surface area contributed by atoms with Crippen molar-refractivity contribution in [3.05, 3.63) is 0 Å². The van der Waals surface area contributed by atoms with Crippen LogP contribution in [0.5, 0.6) is 0 Å². The minimum absolute atomic E-state index is 0.00599. The highest BCUT2D eigenvalue weighted by atomic mass is 31.2. The Kier molecular flexibility index (Phi) is 15.1. The van der Waals surface area contributed by atoms with Crippen molar-refractivity contribution in [2.45, 2.75) is 70.8 Å². The van der Waals surface area contributed by atoms with Crippen LogP contribution >= 0.6 is 7.82 Å². The number of likely N-dealkylation sites (N-methyl/N-ethyl adjacent to an activating group) is 1. The highest BCUT2D eigenvalue weighted by molar-refractivity contribution is 7.45. The van der Waals surface area contributed by atoms with E-state index >= 15 is 0 Å². The number of hydrogen-bond donors (Lipinski definition) is 1. The molecule has 0 aromatic rings. The number of quaternary nitrogens is 1. The average molecular weight is 426 g/mol. The van der Waals surface area contributed by atoms with E-state index < -0.39 is 26.5 Å². The molecule has 0 aliphatic rings. The fourth-order valence-electron chi connectivity index (χ4n) is 2.35. The summed E-state index contributed by atoms with van der Waals surface area (Å²) >= 11 is 0. The van der Waals surface area contributed by atoms with Gasteiger partial charge in [0.25, 0.3) is 7.82 Å². The van der Waals surface area contributed by atoms with E-state index in [1.54, 1.807) is 0 Å². The number of hydrogen-bond acceptors (Lipinski definition) is 7. The van der Waals surface area contributed by atoms with Gasteiger partial charge in [-0.25, -0.2) is 0 Å². The Bertz CT molecular complexity index is 454. The predicted molar refractivity (Wildman–Crippen MR) is 107 cm³/mol. The van der Waals surface area contributed by atoms with Crippen molar-refractivity contribution in [3.63, 3.8) is 0 Å². The zero-order valence-corrected chi connectivity index (χ0v) is 19.0. The number of carbonyl (C=O) groups excluding carboxylic acids is 1. The molecule has 0 aliphatic heterocycles. The Balaban J connectivity index is 3.72. The third-order valence-electron chi connectivity index (χ3n) is 4.11. The van der Waals surface area contributed by atoms with Crippen LogP contribution in [0.3, 0.4) is 0 Å². The molecule has 1 N–H and O–H groups in total. The Morgan fingerprint density at radius 3 is 2.14 bits per heavy atom.